The van der Waals surface area contributed by atoms with Crippen molar-refractivity contribution in [2.24, 2.45) is 11.8 Å². The standard InChI is InChI=1S/C20H26ClF2N3O3/c1-24-16(28)9-6-13(10-25-11-27)20(29)26-19(12-4-2-3-5-12)17-15(22)8-7-14(21)18(17)23/h7-8,11-13,19H,2-6,9-10H2,1H3,(H,24,28)(H,25,27)(H,26,29). The molecule has 3 amide bonds. The summed E-state index contributed by atoms with van der Waals surface area (Å²) >= 11 is 5.86. The van der Waals surface area contributed by atoms with E-state index in [9.17, 15) is 23.2 Å². The third kappa shape index (κ3) is 6.13. The third-order valence-electron chi connectivity index (χ3n) is 5.38. The van der Waals surface area contributed by atoms with Crippen LogP contribution in [0.1, 0.15) is 50.1 Å². The number of nitrogens with one attached hydrogen (secondary N) is 3. The molecule has 0 saturated heterocycles. The maximum absolute atomic E-state index is 14.7. The molecule has 9 heteroatoms. The Morgan fingerprint density at radius 3 is 2.59 bits per heavy atom. The average molecular weight is 430 g/mol. The van der Waals surface area contributed by atoms with Crippen molar-refractivity contribution in [3.63, 3.8) is 0 Å². The molecule has 0 heterocycles. The molecule has 0 radical (unpaired) electrons. The molecule has 0 spiro atoms. The van der Waals surface area contributed by atoms with Gasteiger partial charge in [0.15, 0.2) is 0 Å². The number of amides is 3. The van der Waals surface area contributed by atoms with E-state index in [4.69, 9.17) is 11.6 Å². The maximum Gasteiger partial charge on any atom is 0.225 e. The number of hydrogen-bond donors (Lipinski definition) is 3. The highest BCUT2D eigenvalue weighted by atomic mass is 35.5. The second kappa shape index (κ2) is 11.1. The van der Waals surface area contributed by atoms with Crippen LogP contribution in [-0.4, -0.2) is 31.8 Å². The lowest BCUT2D eigenvalue weighted by Gasteiger charge is -2.28. The van der Waals surface area contributed by atoms with Gasteiger partial charge in [0.1, 0.15) is 11.6 Å². The lowest BCUT2D eigenvalue weighted by atomic mass is 9.89. The summed E-state index contributed by atoms with van der Waals surface area (Å²) in [5.74, 6) is -3.20. The fourth-order valence-electron chi connectivity index (χ4n) is 3.76. The summed E-state index contributed by atoms with van der Waals surface area (Å²) in [6, 6.07) is 1.36. The van der Waals surface area contributed by atoms with Crippen LogP contribution in [0.5, 0.6) is 0 Å². The van der Waals surface area contributed by atoms with Crippen LogP contribution in [0.4, 0.5) is 8.78 Å². The molecule has 1 fully saturated rings. The third-order valence-corrected chi connectivity index (χ3v) is 5.67. The van der Waals surface area contributed by atoms with E-state index in [1.165, 1.54) is 7.05 Å². The highest BCUT2D eigenvalue weighted by Gasteiger charge is 2.34. The average Bonchev–Trinajstić information content (AvgIpc) is 3.24. The Labute approximate surface area is 173 Å². The number of rotatable bonds is 10. The largest absolute Gasteiger partial charge is 0.359 e. The fourth-order valence-corrected chi connectivity index (χ4v) is 3.93. The van der Waals surface area contributed by atoms with Crippen LogP contribution in [0, 0.1) is 23.5 Å². The molecule has 0 bridgehead atoms. The Kier molecular flexibility index (Phi) is 8.82. The van der Waals surface area contributed by atoms with Gasteiger partial charge in [-0.2, -0.15) is 0 Å². The van der Waals surface area contributed by atoms with Gasteiger partial charge in [-0.3, -0.25) is 14.4 Å². The normalized spacial score (nSPS) is 16.1. The van der Waals surface area contributed by atoms with Crippen LogP contribution in [-0.2, 0) is 14.4 Å². The van der Waals surface area contributed by atoms with Crippen LogP contribution in [0.3, 0.4) is 0 Å². The molecule has 1 aromatic carbocycles. The van der Waals surface area contributed by atoms with Gasteiger partial charge < -0.3 is 16.0 Å². The minimum absolute atomic E-state index is 0.0181. The Hall–Kier alpha value is -2.22. The van der Waals surface area contributed by atoms with Gasteiger partial charge in [0.2, 0.25) is 18.2 Å². The molecular formula is C20H26ClF2N3O3. The van der Waals surface area contributed by atoms with Gasteiger partial charge in [-0.1, -0.05) is 24.4 Å². The number of hydrogen-bond acceptors (Lipinski definition) is 3. The molecule has 0 aromatic heterocycles. The molecule has 1 aliphatic rings. The van der Waals surface area contributed by atoms with Crippen molar-refractivity contribution in [1.29, 1.82) is 0 Å². The minimum atomic E-state index is -0.878. The summed E-state index contributed by atoms with van der Waals surface area (Å²) in [6.45, 7) is 0.0181. The first-order valence-corrected chi connectivity index (χ1v) is 10.1. The van der Waals surface area contributed by atoms with E-state index in [1.807, 2.05) is 0 Å². The van der Waals surface area contributed by atoms with Gasteiger partial charge in [-0.25, -0.2) is 8.78 Å². The van der Waals surface area contributed by atoms with E-state index < -0.39 is 29.5 Å². The molecule has 2 unspecified atom stereocenters. The van der Waals surface area contributed by atoms with Gasteiger partial charge in [0.25, 0.3) is 0 Å². The minimum Gasteiger partial charge on any atom is -0.359 e. The number of carbonyl (C=O) groups excluding carboxylic acids is 3. The fraction of sp³-hybridized carbons (Fsp3) is 0.550. The first kappa shape index (κ1) is 23.1. The molecule has 6 nitrogen and oxygen atoms in total. The van der Waals surface area contributed by atoms with Crippen LogP contribution < -0.4 is 16.0 Å². The predicted octanol–water partition coefficient (Wildman–Crippen LogP) is 2.85. The second-order valence-corrected chi connectivity index (χ2v) is 7.63. The Morgan fingerprint density at radius 2 is 1.97 bits per heavy atom. The van der Waals surface area contributed by atoms with Gasteiger partial charge >= 0.3 is 0 Å². The smallest absolute Gasteiger partial charge is 0.225 e. The van der Waals surface area contributed by atoms with Crippen molar-refractivity contribution < 1.29 is 23.2 Å². The van der Waals surface area contributed by atoms with E-state index in [0.29, 0.717) is 6.41 Å². The zero-order valence-corrected chi connectivity index (χ0v) is 17.0. The maximum atomic E-state index is 14.7. The van der Waals surface area contributed by atoms with Gasteiger partial charge in [0, 0.05) is 25.6 Å². The lowest BCUT2D eigenvalue weighted by molar-refractivity contribution is -0.127. The second-order valence-electron chi connectivity index (χ2n) is 7.22. The van der Waals surface area contributed by atoms with Crippen molar-refractivity contribution in [3.05, 3.63) is 34.4 Å². The summed E-state index contributed by atoms with van der Waals surface area (Å²) < 4.78 is 29.2. The van der Waals surface area contributed by atoms with E-state index in [2.05, 4.69) is 16.0 Å². The number of carbonyl (C=O) groups is 3. The summed E-state index contributed by atoms with van der Waals surface area (Å²) in [4.78, 5) is 35.1. The van der Waals surface area contributed by atoms with E-state index in [1.54, 1.807) is 0 Å². The van der Waals surface area contributed by atoms with Gasteiger partial charge in [-0.05, 0) is 37.3 Å². The van der Waals surface area contributed by atoms with Crippen LogP contribution in [0.25, 0.3) is 0 Å². The van der Waals surface area contributed by atoms with Crippen molar-refractivity contribution in [2.45, 2.75) is 44.6 Å². The monoisotopic (exact) mass is 429 g/mol. The highest BCUT2D eigenvalue weighted by Crippen LogP contribution is 2.39. The summed E-state index contributed by atoms with van der Waals surface area (Å²) in [5.41, 5.74) is -0.244. The molecule has 1 aromatic rings. The summed E-state index contributed by atoms with van der Waals surface area (Å²) in [5, 5.41) is 7.48. The predicted molar refractivity (Wildman–Crippen MR) is 105 cm³/mol. The van der Waals surface area contributed by atoms with Crippen LogP contribution in [0.2, 0.25) is 5.02 Å². The highest BCUT2D eigenvalue weighted by molar-refractivity contribution is 6.30. The number of benzene rings is 1. The van der Waals surface area contributed by atoms with Crippen molar-refractivity contribution in [2.75, 3.05) is 13.6 Å². The van der Waals surface area contributed by atoms with Crippen molar-refractivity contribution in [1.82, 2.24) is 16.0 Å². The Bertz CT molecular complexity index is 742. The molecular weight excluding hydrogens is 404 g/mol. The van der Waals surface area contributed by atoms with Crippen LogP contribution >= 0.6 is 11.6 Å². The molecule has 1 aliphatic carbocycles. The summed E-state index contributed by atoms with van der Waals surface area (Å²) in [7, 11) is 1.49. The van der Waals surface area contributed by atoms with Crippen molar-refractivity contribution in [3.8, 4) is 0 Å². The molecule has 1 saturated carbocycles. The van der Waals surface area contributed by atoms with E-state index in [0.717, 1.165) is 37.8 Å². The van der Waals surface area contributed by atoms with Gasteiger partial charge in [-0.15, -0.1) is 0 Å². The van der Waals surface area contributed by atoms with E-state index >= 15 is 0 Å². The zero-order valence-electron chi connectivity index (χ0n) is 16.3. The first-order chi connectivity index (χ1) is 13.9. The molecule has 3 N–H and O–H groups in total. The Morgan fingerprint density at radius 1 is 1.28 bits per heavy atom. The SMILES string of the molecule is CNC(=O)CCC(CNC=O)C(=O)NC(c1c(F)ccc(Cl)c1F)C1CCCC1. The lowest BCUT2D eigenvalue weighted by Crippen LogP contribution is -2.41. The van der Waals surface area contributed by atoms with Crippen molar-refractivity contribution >= 4 is 29.8 Å². The molecule has 29 heavy (non-hydrogen) atoms. The zero-order chi connectivity index (χ0) is 21.4. The Balaban J connectivity index is 2.26. The summed E-state index contributed by atoms with van der Waals surface area (Å²) in [6.07, 6.45) is 4.01. The number of halogens is 3. The topological polar surface area (TPSA) is 87.3 Å². The quantitative estimate of drug-likeness (QED) is 0.395. The molecule has 160 valence electrons. The van der Waals surface area contributed by atoms with Crippen LogP contribution in [0.15, 0.2) is 12.1 Å². The first-order valence-electron chi connectivity index (χ1n) is 9.70. The molecule has 0 aliphatic heterocycles. The molecule has 2 atom stereocenters. The molecule has 2 rings (SSSR count). The van der Waals surface area contributed by atoms with E-state index in [-0.39, 0.29) is 41.8 Å². The van der Waals surface area contributed by atoms with Gasteiger partial charge in [0.05, 0.1) is 17.0 Å².